The largest absolute Gasteiger partial charge is 0.354 e. The quantitative estimate of drug-likeness (QED) is 0.786. The van der Waals surface area contributed by atoms with E-state index in [0.717, 1.165) is 0 Å². The third-order valence-electron chi connectivity index (χ3n) is 3.58. The number of rotatable bonds is 3. The van der Waals surface area contributed by atoms with Crippen LogP contribution in [0.1, 0.15) is 23.3 Å². The van der Waals surface area contributed by atoms with Crippen LogP contribution in [0, 0.1) is 0 Å². The van der Waals surface area contributed by atoms with Gasteiger partial charge in [-0.1, -0.05) is 0 Å². The summed E-state index contributed by atoms with van der Waals surface area (Å²) in [6.07, 6.45) is 2.79. The minimum atomic E-state index is -3.55. The topological polar surface area (TPSA) is 97.4 Å². The van der Waals surface area contributed by atoms with Gasteiger partial charge in [-0.05, 0) is 18.9 Å². The monoisotopic (exact) mass is 300 g/mol. The number of sulfonamides is 1. The molecule has 7 nitrogen and oxygen atoms in total. The predicted molar refractivity (Wildman–Crippen MR) is 74.8 cm³/mol. The molecule has 1 amide bonds. The summed E-state index contributed by atoms with van der Waals surface area (Å²) >= 11 is 0. The molecule has 0 unspecified atom stereocenters. The Balaban J connectivity index is 2.28. The van der Waals surface area contributed by atoms with Gasteiger partial charge in [-0.3, -0.25) is 4.79 Å². The SMILES string of the molecule is CNC(=O)c1cc(S(=O)(=O)N2CCC(N)CC2)cn1C. The first-order valence-corrected chi connectivity index (χ1v) is 7.94. The zero-order valence-corrected chi connectivity index (χ0v) is 12.5. The van der Waals surface area contributed by atoms with Gasteiger partial charge in [-0.15, -0.1) is 0 Å². The highest BCUT2D eigenvalue weighted by atomic mass is 32.2. The molecule has 20 heavy (non-hydrogen) atoms. The lowest BCUT2D eigenvalue weighted by Crippen LogP contribution is -2.42. The standard InChI is InChI=1S/C12H20N4O3S/c1-14-12(17)11-7-10(8-15(11)2)20(18,19)16-5-3-9(13)4-6-16/h7-9H,3-6,13H2,1-2H3,(H,14,17). The predicted octanol–water partition coefficient (Wildman–Crippen LogP) is -0.503. The van der Waals surface area contributed by atoms with Gasteiger partial charge >= 0.3 is 0 Å². The summed E-state index contributed by atoms with van der Waals surface area (Å²) in [4.78, 5) is 11.8. The van der Waals surface area contributed by atoms with Crippen molar-refractivity contribution in [3.05, 3.63) is 18.0 Å². The summed E-state index contributed by atoms with van der Waals surface area (Å²) in [5.41, 5.74) is 6.11. The van der Waals surface area contributed by atoms with Gasteiger partial charge in [0.2, 0.25) is 10.0 Å². The van der Waals surface area contributed by atoms with Crippen LogP contribution in [0.25, 0.3) is 0 Å². The number of carbonyl (C=O) groups is 1. The number of hydrogen-bond donors (Lipinski definition) is 2. The summed E-state index contributed by atoms with van der Waals surface area (Å²) in [6.45, 7) is 0.849. The fraction of sp³-hybridized carbons (Fsp3) is 0.583. The summed E-state index contributed by atoms with van der Waals surface area (Å²) in [5, 5.41) is 2.49. The maximum atomic E-state index is 12.5. The van der Waals surface area contributed by atoms with Crippen molar-refractivity contribution >= 4 is 15.9 Å². The molecular weight excluding hydrogens is 280 g/mol. The molecule has 0 atom stereocenters. The average Bonchev–Trinajstić information content (AvgIpc) is 2.81. The van der Waals surface area contributed by atoms with Gasteiger partial charge < -0.3 is 15.6 Å². The van der Waals surface area contributed by atoms with Crippen molar-refractivity contribution in [3.8, 4) is 0 Å². The Morgan fingerprint density at radius 3 is 2.55 bits per heavy atom. The number of carbonyl (C=O) groups excluding carboxylic acids is 1. The fourth-order valence-corrected chi connectivity index (χ4v) is 3.84. The highest BCUT2D eigenvalue weighted by molar-refractivity contribution is 7.89. The lowest BCUT2D eigenvalue weighted by Gasteiger charge is -2.28. The number of aryl methyl sites for hydroxylation is 1. The molecule has 0 saturated carbocycles. The Labute approximate surface area is 118 Å². The molecule has 3 N–H and O–H groups in total. The van der Waals surface area contributed by atoms with Gasteiger partial charge in [0.25, 0.3) is 5.91 Å². The van der Waals surface area contributed by atoms with E-state index in [-0.39, 0.29) is 16.8 Å². The number of hydrogen-bond acceptors (Lipinski definition) is 4. The second-order valence-corrected chi connectivity index (χ2v) is 6.93. The number of nitrogens with one attached hydrogen (secondary N) is 1. The molecule has 0 aliphatic carbocycles. The van der Waals surface area contributed by atoms with E-state index in [4.69, 9.17) is 5.73 Å². The smallest absolute Gasteiger partial charge is 0.267 e. The van der Waals surface area contributed by atoms with Crippen molar-refractivity contribution in [1.29, 1.82) is 0 Å². The minimum absolute atomic E-state index is 0.0682. The maximum absolute atomic E-state index is 12.5. The molecule has 8 heteroatoms. The van der Waals surface area contributed by atoms with Crippen LogP contribution in [0.4, 0.5) is 0 Å². The molecule has 1 aliphatic rings. The number of nitrogens with two attached hydrogens (primary N) is 1. The summed E-state index contributed by atoms with van der Waals surface area (Å²) in [7, 11) is -0.394. The summed E-state index contributed by atoms with van der Waals surface area (Å²) in [5.74, 6) is -0.311. The Hall–Kier alpha value is -1.38. The third kappa shape index (κ3) is 2.72. The Morgan fingerprint density at radius 1 is 1.40 bits per heavy atom. The van der Waals surface area contributed by atoms with Crippen LogP contribution < -0.4 is 11.1 Å². The van der Waals surface area contributed by atoms with Gasteiger partial charge in [-0.25, -0.2) is 8.42 Å². The fourth-order valence-electron chi connectivity index (χ4n) is 2.29. The van der Waals surface area contributed by atoms with Gasteiger partial charge in [-0.2, -0.15) is 4.31 Å². The van der Waals surface area contributed by atoms with E-state index in [1.54, 1.807) is 7.05 Å². The van der Waals surface area contributed by atoms with Crippen LogP contribution in [0.15, 0.2) is 17.2 Å². The number of nitrogens with zero attached hydrogens (tertiary/aromatic N) is 2. The molecule has 2 rings (SSSR count). The lowest BCUT2D eigenvalue weighted by molar-refractivity contribution is 0.0955. The van der Waals surface area contributed by atoms with Crippen molar-refractivity contribution in [1.82, 2.24) is 14.2 Å². The Kier molecular flexibility index (Phi) is 4.17. The molecule has 0 bridgehead atoms. The normalized spacial score (nSPS) is 18.1. The van der Waals surface area contributed by atoms with E-state index in [1.807, 2.05) is 0 Å². The van der Waals surface area contributed by atoms with Crippen molar-refractivity contribution in [2.45, 2.75) is 23.8 Å². The zero-order valence-electron chi connectivity index (χ0n) is 11.7. The van der Waals surface area contributed by atoms with Gasteiger partial charge in [0, 0.05) is 39.4 Å². The highest BCUT2D eigenvalue weighted by Crippen LogP contribution is 2.22. The molecular formula is C12H20N4O3S. The summed E-state index contributed by atoms with van der Waals surface area (Å²) < 4.78 is 28.0. The second kappa shape index (κ2) is 5.55. The van der Waals surface area contributed by atoms with Crippen molar-refractivity contribution < 1.29 is 13.2 Å². The zero-order chi connectivity index (χ0) is 14.9. The Bertz CT molecular complexity index is 600. The second-order valence-electron chi connectivity index (χ2n) is 4.99. The van der Waals surface area contributed by atoms with Gasteiger partial charge in [0.1, 0.15) is 10.6 Å². The van der Waals surface area contributed by atoms with Crippen molar-refractivity contribution in [2.24, 2.45) is 12.8 Å². The van der Waals surface area contributed by atoms with Crippen LogP contribution >= 0.6 is 0 Å². The first kappa shape index (κ1) is 15.0. The van der Waals surface area contributed by atoms with Crippen LogP contribution in [0.2, 0.25) is 0 Å². The van der Waals surface area contributed by atoms with Crippen molar-refractivity contribution in [3.63, 3.8) is 0 Å². The molecule has 2 heterocycles. The molecule has 1 fully saturated rings. The lowest BCUT2D eigenvalue weighted by atomic mass is 10.1. The molecule has 0 radical (unpaired) electrons. The van der Waals surface area contributed by atoms with Crippen LogP contribution in [0.3, 0.4) is 0 Å². The van der Waals surface area contributed by atoms with E-state index < -0.39 is 10.0 Å². The molecule has 1 aromatic heterocycles. The number of aromatic nitrogens is 1. The molecule has 1 aromatic rings. The highest BCUT2D eigenvalue weighted by Gasteiger charge is 2.30. The van der Waals surface area contributed by atoms with E-state index in [0.29, 0.717) is 31.6 Å². The minimum Gasteiger partial charge on any atom is -0.354 e. The first-order chi connectivity index (χ1) is 9.36. The Morgan fingerprint density at radius 2 is 2.00 bits per heavy atom. The molecule has 0 spiro atoms. The van der Waals surface area contributed by atoms with Crippen LogP contribution in [-0.2, 0) is 17.1 Å². The summed E-state index contributed by atoms with van der Waals surface area (Å²) in [6, 6.07) is 1.47. The maximum Gasteiger partial charge on any atom is 0.267 e. The average molecular weight is 300 g/mol. The van der Waals surface area contributed by atoms with E-state index >= 15 is 0 Å². The van der Waals surface area contributed by atoms with Gasteiger partial charge in [0.05, 0.1) is 0 Å². The van der Waals surface area contributed by atoms with Gasteiger partial charge in [0.15, 0.2) is 0 Å². The van der Waals surface area contributed by atoms with E-state index in [9.17, 15) is 13.2 Å². The van der Waals surface area contributed by atoms with Crippen LogP contribution in [-0.4, -0.2) is 49.4 Å². The van der Waals surface area contributed by atoms with Crippen molar-refractivity contribution in [2.75, 3.05) is 20.1 Å². The molecule has 112 valence electrons. The number of piperidine rings is 1. The molecule has 0 aromatic carbocycles. The van der Waals surface area contributed by atoms with Crippen LogP contribution in [0.5, 0.6) is 0 Å². The van der Waals surface area contributed by atoms with E-state index in [2.05, 4.69) is 5.32 Å². The first-order valence-electron chi connectivity index (χ1n) is 6.50. The number of amides is 1. The molecule has 1 aliphatic heterocycles. The van der Waals surface area contributed by atoms with E-state index in [1.165, 1.54) is 28.2 Å². The molecule has 1 saturated heterocycles. The third-order valence-corrected chi connectivity index (χ3v) is 5.44.